The summed E-state index contributed by atoms with van der Waals surface area (Å²) in [6, 6.07) is 5.18. The van der Waals surface area contributed by atoms with Crippen molar-refractivity contribution in [1.82, 2.24) is 5.32 Å². The number of benzene rings is 1. The molecule has 1 heterocycles. The lowest BCUT2D eigenvalue weighted by atomic mass is 9.86. The molecule has 1 aliphatic carbocycles. The summed E-state index contributed by atoms with van der Waals surface area (Å²) in [6.07, 6.45) is 2.12. The van der Waals surface area contributed by atoms with Gasteiger partial charge in [0.05, 0.1) is 11.3 Å². The van der Waals surface area contributed by atoms with Crippen LogP contribution in [0.15, 0.2) is 41.3 Å². The molecule has 2 aliphatic rings. The van der Waals surface area contributed by atoms with E-state index < -0.39 is 16.9 Å². The van der Waals surface area contributed by atoms with Gasteiger partial charge in [0.15, 0.2) is 5.84 Å². The van der Waals surface area contributed by atoms with E-state index in [-0.39, 0.29) is 17.3 Å². The smallest absolute Gasteiger partial charge is 0.417 e. The molecule has 3 rings (SSSR count). The quantitative estimate of drug-likeness (QED) is 0.822. The van der Waals surface area contributed by atoms with Crippen LogP contribution in [0.4, 0.5) is 13.2 Å². The van der Waals surface area contributed by atoms with E-state index in [4.69, 9.17) is 0 Å². The Morgan fingerprint density at radius 1 is 1.13 bits per heavy atom. The molecule has 7 heteroatoms. The standard InChI is InChI=1S/C16H18F3N3O/c17-16(18,19)13-9-5-4-8-12(13)15-20-14(10-22(23)21-15)11-6-2-1-3-7-11/h4-5,8-11,22H,1-3,6-7H2,(H,20,21). The number of rotatable bonds is 2. The Labute approximate surface area is 132 Å². The van der Waals surface area contributed by atoms with E-state index in [1.165, 1.54) is 24.4 Å². The lowest BCUT2D eigenvalue weighted by Crippen LogP contribution is -2.98. The van der Waals surface area contributed by atoms with E-state index in [1.807, 2.05) is 0 Å². The zero-order valence-electron chi connectivity index (χ0n) is 12.5. The van der Waals surface area contributed by atoms with Gasteiger partial charge in [-0.3, -0.25) is 0 Å². The molecule has 0 radical (unpaired) electrons. The van der Waals surface area contributed by atoms with Crippen molar-refractivity contribution in [3.63, 3.8) is 0 Å². The molecular formula is C16H18F3N3O. The third-order valence-corrected chi connectivity index (χ3v) is 4.30. The minimum atomic E-state index is -4.49. The van der Waals surface area contributed by atoms with Crippen molar-refractivity contribution >= 4 is 5.84 Å². The Morgan fingerprint density at radius 2 is 1.83 bits per heavy atom. The van der Waals surface area contributed by atoms with E-state index in [0.29, 0.717) is 5.70 Å². The maximum atomic E-state index is 13.2. The molecular weight excluding hydrogens is 307 g/mol. The highest BCUT2D eigenvalue weighted by Crippen LogP contribution is 2.33. The van der Waals surface area contributed by atoms with Gasteiger partial charge in [-0.1, -0.05) is 42.6 Å². The van der Waals surface area contributed by atoms with E-state index in [9.17, 15) is 18.4 Å². The molecule has 0 spiro atoms. The number of hydrogen-bond donors (Lipinski definition) is 2. The molecule has 0 bridgehead atoms. The van der Waals surface area contributed by atoms with Gasteiger partial charge in [-0.2, -0.15) is 13.2 Å². The SMILES string of the molecule is [O-][NH+]1C=C(C2CCCCC2)NC(c2ccccc2C(F)(F)F)=N1. The molecule has 1 aromatic rings. The summed E-state index contributed by atoms with van der Waals surface area (Å²) < 4.78 is 39.5. The number of hydroxylamine groups is 1. The van der Waals surface area contributed by atoms with Gasteiger partial charge < -0.3 is 10.5 Å². The number of amidine groups is 1. The molecule has 23 heavy (non-hydrogen) atoms. The normalized spacial score (nSPS) is 23.0. The first kappa shape index (κ1) is 16.0. The van der Waals surface area contributed by atoms with Crippen molar-refractivity contribution in [3.05, 3.63) is 52.5 Å². The van der Waals surface area contributed by atoms with Crippen LogP contribution in [0.5, 0.6) is 0 Å². The summed E-state index contributed by atoms with van der Waals surface area (Å²) in [6.45, 7) is 0. The average Bonchev–Trinajstić information content (AvgIpc) is 2.54. The molecule has 2 N–H and O–H groups in total. The van der Waals surface area contributed by atoms with Gasteiger partial charge in [0, 0.05) is 11.5 Å². The predicted octanol–water partition coefficient (Wildman–Crippen LogP) is 2.77. The summed E-state index contributed by atoms with van der Waals surface area (Å²) in [5, 5.41) is 18.1. The zero-order chi connectivity index (χ0) is 16.4. The van der Waals surface area contributed by atoms with Crippen molar-refractivity contribution < 1.29 is 18.3 Å². The van der Waals surface area contributed by atoms with Gasteiger partial charge in [0.2, 0.25) is 0 Å². The van der Waals surface area contributed by atoms with Gasteiger partial charge in [-0.25, -0.2) is 5.17 Å². The van der Waals surface area contributed by atoms with E-state index in [0.717, 1.165) is 38.2 Å². The highest BCUT2D eigenvalue weighted by atomic mass is 19.4. The van der Waals surface area contributed by atoms with Crippen LogP contribution < -0.4 is 10.5 Å². The third-order valence-electron chi connectivity index (χ3n) is 4.30. The first-order valence-electron chi connectivity index (χ1n) is 7.73. The second-order valence-corrected chi connectivity index (χ2v) is 5.90. The Hall–Kier alpha value is -1.86. The summed E-state index contributed by atoms with van der Waals surface area (Å²) >= 11 is 0. The Balaban J connectivity index is 1.90. The zero-order valence-corrected chi connectivity index (χ0v) is 12.5. The lowest BCUT2D eigenvalue weighted by molar-refractivity contribution is -0.800. The van der Waals surface area contributed by atoms with E-state index in [1.54, 1.807) is 0 Å². The van der Waals surface area contributed by atoms with Crippen LogP contribution in [0.3, 0.4) is 0 Å². The highest BCUT2D eigenvalue weighted by molar-refractivity contribution is 6.01. The molecule has 1 unspecified atom stereocenters. The summed E-state index contributed by atoms with van der Waals surface area (Å²) in [4.78, 5) is 0. The van der Waals surface area contributed by atoms with Crippen LogP contribution in [0, 0.1) is 11.1 Å². The first-order chi connectivity index (χ1) is 10.9. The number of quaternary nitrogens is 1. The summed E-state index contributed by atoms with van der Waals surface area (Å²) in [5.41, 5.74) is -0.185. The molecule has 0 amide bonds. The van der Waals surface area contributed by atoms with Crippen LogP contribution in [0.1, 0.15) is 43.2 Å². The van der Waals surface area contributed by atoms with Gasteiger partial charge in [0.25, 0.3) is 0 Å². The van der Waals surface area contributed by atoms with Crippen molar-refractivity contribution in [2.24, 2.45) is 11.0 Å². The Bertz CT molecular complexity index is 634. The molecule has 0 aromatic heterocycles. The average molecular weight is 325 g/mol. The van der Waals surface area contributed by atoms with Gasteiger partial charge in [-0.05, 0) is 18.9 Å². The lowest BCUT2D eigenvalue weighted by Gasteiger charge is -2.29. The van der Waals surface area contributed by atoms with Crippen LogP contribution in [-0.2, 0) is 6.18 Å². The predicted molar refractivity (Wildman–Crippen MR) is 80.1 cm³/mol. The summed E-state index contributed by atoms with van der Waals surface area (Å²) in [7, 11) is 0. The van der Waals surface area contributed by atoms with Crippen molar-refractivity contribution in [1.29, 1.82) is 0 Å². The molecule has 0 saturated heterocycles. The largest absolute Gasteiger partial charge is 0.601 e. The van der Waals surface area contributed by atoms with Gasteiger partial charge in [-0.15, -0.1) is 0 Å². The maximum Gasteiger partial charge on any atom is 0.417 e. The van der Waals surface area contributed by atoms with Crippen LogP contribution in [0.2, 0.25) is 0 Å². The number of halogens is 3. The molecule has 1 aliphatic heterocycles. The summed E-state index contributed by atoms with van der Waals surface area (Å²) in [5.74, 6) is 0.183. The second kappa shape index (κ2) is 6.33. The third kappa shape index (κ3) is 3.56. The van der Waals surface area contributed by atoms with E-state index >= 15 is 0 Å². The number of allylic oxidation sites excluding steroid dienone is 1. The van der Waals surface area contributed by atoms with Crippen LogP contribution in [0.25, 0.3) is 0 Å². The topological polar surface area (TPSA) is 51.9 Å². The molecule has 124 valence electrons. The van der Waals surface area contributed by atoms with Crippen LogP contribution in [-0.4, -0.2) is 5.84 Å². The Morgan fingerprint density at radius 3 is 2.52 bits per heavy atom. The molecule has 1 fully saturated rings. The molecule has 1 saturated carbocycles. The van der Waals surface area contributed by atoms with Crippen molar-refractivity contribution in [2.75, 3.05) is 0 Å². The van der Waals surface area contributed by atoms with Crippen LogP contribution >= 0.6 is 0 Å². The van der Waals surface area contributed by atoms with Crippen molar-refractivity contribution in [3.8, 4) is 0 Å². The molecule has 1 atom stereocenters. The maximum absolute atomic E-state index is 13.2. The fourth-order valence-corrected chi connectivity index (χ4v) is 3.17. The Kier molecular flexibility index (Phi) is 4.41. The fourth-order valence-electron chi connectivity index (χ4n) is 3.17. The number of nitrogens with one attached hydrogen (secondary N) is 2. The number of hydrogen-bond acceptors (Lipinski definition) is 3. The highest BCUT2D eigenvalue weighted by Gasteiger charge is 2.35. The van der Waals surface area contributed by atoms with Crippen molar-refractivity contribution in [2.45, 2.75) is 38.3 Å². The fraction of sp³-hybridized carbons (Fsp3) is 0.438. The van der Waals surface area contributed by atoms with E-state index in [2.05, 4.69) is 10.4 Å². The molecule has 1 aromatic carbocycles. The second-order valence-electron chi connectivity index (χ2n) is 5.90. The number of alkyl halides is 3. The first-order valence-corrected chi connectivity index (χ1v) is 7.73. The number of nitrogens with zero attached hydrogens (tertiary/aromatic N) is 1. The monoisotopic (exact) mass is 325 g/mol. The molecule has 4 nitrogen and oxygen atoms in total. The minimum absolute atomic E-state index is 0.00833. The van der Waals surface area contributed by atoms with Gasteiger partial charge >= 0.3 is 6.18 Å². The van der Waals surface area contributed by atoms with Gasteiger partial charge in [0.1, 0.15) is 6.20 Å². The minimum Gasteiger partial charge on any atom is -0.601 e.